The Morgan fingerprint density at radius 1 is 1.60 bits per heavy atom. The molecule has 0 aliphatic heterocycles. The van der Waals surface area contributed by atoms with Crippen molar-refractivity contribution in [2.24, 2.45) is 0 Å². The molecule has 1 rings (SSSR count). The number of nitrogens with one attached hydrogen (secondary N) is 2. The smallest absolute Gasteiger partial charge is 0.347 e. The third-order valence-corrected chi connectivity index (χ3v) is 2.37. The van der Waals surface area contributed by atoms with Crippen molar-refractivity contribution in [2.75, 3.05) is 11.9 Å². The van der Waals surface area contributed by atoms with Gasteiger partial charge in [-0.3, -0.25) is 5.32 Å². The molecule has 6 nitrogen and oxygen atoms in total. The minimum Gasteiger partial charge on any atom is -0.477 e. The normalized spacial score (nSPS) is 9.67. The molecular formula is C8H11N3O3S. The van der Waals surface area contributed by atoms with Crippen LogP contribution in [-0.2, 0) is 0 Å². The Bertz CT molecular complexity index is 364. The predicted octanol–water partition coefficient (Wildman–Crippen LogP) is 1.37. The number of nitrogens with zero attached hydrogens (tertiary/aromatic N) is 1. The number of hydrogen-bond acceptors (Lipinski definition) is 4. The molecule has 0 aliphatic rings. The predicted molar refractivity (Wildman–Crippen MR) is 56.4 cm³/mol. The lowest BCUT2D eigenvalue weighted by molar-refractivity contribution is 0.0702. The summed E-state index contributed by atoms with van der Waals surface area (Å²) in [6, 6.07) is -0.372. The van der Waals surface area contributed by atoms with Crippen molar-refractivity contribution >= 4 is 28.5 Å². The van der Waals surface area contributed by atoms with E-state index in [0.717, 1.165) is 17.8 Å². The van der Waals surface area contributed by atoms with Gasteiger partial charge in [-0.05, 0) is 6.42 Å². The number of anilines is 1. The first-order valence-corrected chi connectivity index (χ1v) is 5.19. The maximum atomic E-state index is 11.1. The molecule has 0 saturated carbocycles. The summed E-state index contributed by atoms with van der Waals surface area (Å²) in [6.45, 7) is 2.51. The van der Waals surface area contributed by atoms with Crippen molar-refractivity contribution in [2.45, 2.75) is 13.3 Å². The number of thiazole rings is 1. The van der Waals surface area contributed by atoms with Crippen LogP contribution in [0.15, 0.2) is 6.20 Å². The van der Waals surface area contributed by atoms with Crippen LogP contribution in [0.1, 0.15) is 23.0 Å². The highest BCUT2D eigenvalue weighted by molar-refractivity contribution is 7.17. The van der Waals surface area contributed by atoms with Gasteiger partial charge >= 0.3 is 12.0 Å². The van der Waals surface area contributed by atoms with Crippen LogP contribution in [0.3, 0.4) is 0 Å². The molecule has 0 spiro atoms. The van der Waals surface area contributed by atoms with Crippen molar-refractivity contribution < 1.29 is 14.7 Å². The zero-order valence-corrected chi connectivity index (χ0v) is 8.93. The van der Waals surface area contributed by atoms with Gasteiger partial charge in [0.2, 0.25) is 0 Å². The molecule has 0 aliphatic carbocycles. The maximum absolute atomic E-state index is 11.1. The summed E-state index contributed by atoms with van der Waals surface area (Å²) in [6.07, 6.45) is 2.05. The summed E-state index contributed by atoms with van der Waals surface area (Å²) < 4.78 is 0. The van der Waals surface area contributed by atoms with E-state index in [0.29, 0.717) is 6.54 Å². The standard InChI is InChI=1S/C8H11N3O3S/c1-2-3-9-7(14)11-8-10-4-5(15-8)6(12)13/h4H,2-3H2,1H3,(H,12,13)(H2,9,10,11,14). The van der Waals surface area contributed by atoms with Crippen LogP contribution < -0.4 is 10.6 Å². The van der Waals surface area contributed by atoms with Crippen LogP contribution in [0.25, 0.3) is 0 Å². The second-order valence-electron chi connectivity index (χ2n) is 2.72. The van der Waals surface area contributed by atoms with Gasteiger partial charge in [0, 0.05) is 6.54 Å². The zero-order chi connectivity index (χ0) is 11.3. The lowest BCUT2D eigenvalue weighted by Gasteiger charge is -2.02. The third kappa shape index (κ3) is 3.55. The highest BCUT2D eigenvalue weighted by Gasteiger charge is 2.09. The molecule has 0 fully saturated rings. The lowest BCUT2D eigenvalue weighted by atomic mass is 10.5. The summed E-state index contributed by atoms with van der Waals surface area (Å²) in [5.74, 6) is -1.05. The van der Waals surface area contributed by atoms with E-state index < -0.39 is 5.97 Å². The van der Waals surface area contributed by atoms with Crippen LogP contribution in [0.5, 0.6) is 0 Å². The molecule has 2 amide bonds. The SMILES string of the molecule is CCCNC(=O)Nc1ncc(C(=O)O)s1. The number of aromatic carboxylic acids is 1. The molecule has 0 saturated heterocycles. The molecule has 1 aromatic rings. The monoisotopic (exact) mass is 229 g/mol. The summed E-state index contributed by atoms with van der Waals surface area (Å²) >= 11 is 0.920. The first-order valence-electron chi connectivity index (χ1n) is 4.37. The number of carboxylic acid groups (broad SMARTS) is 1. The Morgan fingerprint density at radius 3 is 2.87 bits per heavy atom. The van der Waals surface area contributed by atoms with Crippen LogP contribution in [0.4, 0.5) is 9.93 Å². The number of urea groups is 1. The lowest BCUT2D eigenvalue weighted by Crippen LogP contribution is -2.29. The van der Waals surface area contributed by atoms with Crippen molar-refractivity contribution in [3.8, 4) is 0 Å². The van der Waals surface area contributed by atoms with Crippen molar-refractivity contribution in [3.05, 3.63) is 11.1 Å². The fourth-order valence-electron chi connectivity index (χ4n) is 0.811. The molecule has 82 valence electrons. The van der Waals surface area contributed by atoms with E-state index >= 15 is 0 Å². The number of aromatic nitrogens is 1. The molecule has 0 aromatic carbocycles. The van der Waals surface area contributed by atoms with Crippen molar-refractivity contribution in [1.29, 1.82) is 0 Å². The average Bonchev–Trinajstić information content (AvgIpc) is 2.63. The quantitative estimate of drug-likeness (QED) is 0.727. The minimum atomic E-state index is -1.05. The number of rotatable bonds is 4. The van der Waals surface area contributed by atoms with Crippen molar-refractivity contribution in [3.63, 3.8) is 0 Å². The highest BCUT2D eigenvalue weighted by Crippen LogP contribution is 2.17. The second-order valence-corrected chi connectivity index (χ2v) is 3.75. The number of hydrogen-bond donors (Lipinski definition) is 3. The van der Waals surface area contributed by atoms with Crippen molar-refractivity contribution in [1.82, 2.24) is 10.3 Å². The van der Waals surface area contributed by atoms with E-state index in [-0.39, 0.29) is 16.0 Å². The Balaban J connectivity index is 2.50. The third-order valence-electron chi connectivity index (χ3n) is 1.47. The number of carboxylic acids is 1. The molecule has 15 heavy (non-hydrogen) atoms. The Morgan fingerprint density at radius 2 is 2.33 bits per heavy atom. The average molecular weight is 229 g/mol. The largest absolute Gasteiger partial charge is 0.477 e. The first kappa shape index (κ1) is 11.4. The maximum Gasteiger partial charge on any atom is 0.347 e. The second kappa shape index (κ2) is 5.30. The van der Waals surface area contributed by atoms with Gasteiger partial charge in [-0.25, -0.2) is 14.6 Å². The first-order chi connectivity index (χ1) is 7.13. The van der Waals surface area contributed by atoms with Crippen LogP contribution in [0.2, 0.25) is 0 Å². The summed E-state index contributed by atoms with van der Waals surface area (Å²) in [5.41, 5.74) is 0. The van der Waals surface area contributed by atoms with Crippen LogP contribution in [-0.4, -0.2) is 28.6 Å². The molecule has 0 radical (unpaired) electrons. The number of carbonyl (C=O) groups is 2. The van der Waals surface area contributed by atoms with Gasteiger partial charge in [-0.2, -0.15) is 0 Å². The van der Waals surface area contributed by atoms with E-state index in [2.05, 4.69) is 15.6 Å². The molecule has 1 heterocycles. The topological polar surface area (TPSA) is 91.3 Å². The van der Waals surface area contributed by atoms with Gasteiger partial charge in [0.05, 0.1) is 6.20 Å². The molecule has 3 N–H and O–H groups in total. The zero-order valence-electron chi connectivity index (χ0n) is 8.11. The molecule has 0 bridgehead atoms. The molecular weight excluding hydrogens is 218 g/mol. The van der Waals surface area contributed by atoms with Gasteiger partial charge in [-0.15, -0.1) is 0 Å². The Labute approximate surface area is 90.3 Å². The van der Waals surface area contributed by atoms with Gasteiger partial charge in [0.25, 0.3) is 0 Å². The Hall–Kier alpha value is -1.63. The Kier molecular flexibility index (Phi) is 4.04. The number of carbonyl (C=O) groups excluding carboxylic acids is 1. The summed E-state index contributed by atoms with van der Waals surface area (Å²) in [5, 5.41) is 13.9. The van der Waals surface area contributed by atoms with Gasteiger partial charge in [-0.1, -0.05) is 18.3 Å². The van der Waals surface area contributed by atoms with Gasteiger partial charge in [0.1, 0.15) is 4.88 Å². The van der Waals surface area contributed by atoms with E-state index in [9.17, 15) is 9.59 Å². The summed E-state index contributed by atoms with van der Waals surface area (Å²) in [4.78, 5) is 25.5. The number of amides is 2. The fraction of sp³-hybridized carbons (Fsp3) is 0.375. The molecule has 7 heteroatoms. The van der Waals surface area contributed by atoms with E-state index in [1.165, 1.54) is 6.20 Å². The fourth-order valence-corrected chi connectivity index (χ4v) is 1.46. The minimum absolute atomic E-state index is 0.0980. The van der Waals surface area contributed by atoms with Gasteiger partial charge < -0.3 is 10.4 Å². The van der Waals surface area contributed by atoms with E-state index in [1.807, 2.05) is 6.92 Å². The molecule has 1 aromatic heterocycles. The summed E-state index contributed by atoms with van der Waals surface area (Å²) in [7, 11) is 0. The molecule has 0 atom stereocenters. The molecule has 0 unspecified atom stereocenters. The van der Waals surface area contributed by atoms with Crippen LogP contribution >= 0.6 is 11.3 Å². The highest BCUT2D eigenvalue weighted by atomic mass is 32.1. The van der Waals surface area contributed by atoms with E-state index in [1.54, 1.807) is 0 Å². The van der Waals surface area contributed by atoms with E-state index in [4.69, 9.17) is 5.11 Å². The van der Waals surface area contributed by atoms with Gasteiger partial charge in [0.15, 0.2) is 5.13 Å². The van der Waals surface area contributed by atoms with Crippen LogP contribution in [0, 0.1) is 0 Å².